The van der Waals surface area contributed by atoms with E-state index in [-0.39, 0.29) is 12.5 Å². The number of amides is 2. The number of ether oxygens (including phenoxy) is 1. The molecule has 2 fully saturated rings. The Kier molecular flexibility index (Phi) is 8.89. The standard InChI is InChI=1S/C36H42N4O3/c1-3-21-38(23-26-13-7-5-8-14-26)24-31(35(41)39-34(25-43-36(39)42)27-15-9-6-10-16-27)28-19-20-30-32(4-2)37-40(33(30)22-28)29-17-11-12-18-29/h5-10,13-16,19-20,22,29,31,34H,3-4,11-12,17-18,21,23-25H2,1-2H3/t31-,34-/m0/s1. The van der Waals surface area contributed by atoms with E-state index in [0.29, 0.717) is 12.6 Å². The predicted molar refractivity (Wildman–Crippen MR) is 169 cm³/mol. The van der Waals surface area contributed by atoms with Gasteiger partial charge in [0.15, 0.2) is 0 Å². The third-order valence-corrected chi connectivity index (χ3v) is 9.04. The van der Waals surface area contributed by atoms with Crippen molar-refractivity contribution in [2.45, 2.75) is 76.9 Å². The van der Waals surface area contributed by atoms with Gasteiger partial charge in [0, 0.05) is 18.5 Å². The fraction of sp³-hybridized carbons (Fsp3) is 0.417. The summed E-state index contributed by atoms with van der Waals surface area (Å²) in [6, 6.07) is 26.4. The van der Waals surface area contributed by atoms with E-state index in [1.807, 2.05) is 36.4 Å². The van der Waals surface area contributed by atoms with Gasteiger partial charge in [-0.15, -0.1) is 0 Å². The SMILES string of the molecule is CCCN(Cc1ccccc1)C[C@H](C(=O)N1C(=O)OC[C@H]1c1ccccc1)c1ccc2c(CC)nn(C3CCCC3)c2c1. The molecule has 1 saturated carbocycles. The van der Waals surface area contributed by atoms with E-state index in [2.05, 4.69) is 65.9 Å². The Morgan fingerprint density at radius 2 is 1.72 bits per heavy atom. The Balaban J connectivity index is 1.41. The van der Waals surface area contributed by atoms with Crippen molar-refractivity contribution in [2.24, 2.45) is 0 Å². The van der Waals surface area contributed by atoms with E-state index in [1.54, 1.807) is 0 Å². The number of fused-ring (bicyclic) bond motifs is 1. The van der Waals surface area contributed by atoms with Gasteiger partial charge in [0.25, 0.3) is 0 Å². The monoisotopic (exact) mass is 578 g/mol. The van der Waals surface area contributed by atoms with Crippen molar-refractivity contribution in [3.63, 3.8) is 0 Å². The molecule has 0 unspecified atom stereocenters. The van der Waals surface area contributed by atoms with Crippen LogP contribution in [0.2, 0.25) is 0 Å². The Morgan fingerprint density at radius 3 is 2.42 bits per heavy atom. The molecule has 1 aromatic heterocycles. The summed E-state index contributed by atoms with van der Waals surface area (Å²) in [6.45, 7) is 6.54. The molecule has 0 spiro atoms. The van der Waals surface area contributed by atoms with Crippen molar-refractivity contribution < 1.29 is 14.3 Å². The van der Waals surface area contributed by atoms with Crippen LogP contribution in [0.1, 0.15) is 86.3 Å². The molecule has 7 nitrogen and oxygen atoms in total. The minimum Gasteiger partial charge on any atom is -0.446 e. The van der Waals surface area contributed by atoms with Crippen molar-refractivity contribution in [1.82, 2.24) is 19.6 Å². The molecular formula is C36H42N4O3. The Hall–Kier alpha value is -3.97. The van der Waals surface area contributed by atoms with E-state index in [4.69, 9.17) is 9.84 Å². The molecule has 0 radical (unpaired) electrons. The zero-order valence-electron chi connectivity index (χ0n) is 25.3. The predicted octanol–water partition coefficient (Wildman–Crippen LogP) is 7.43. The lowest BCUT2D eigenvalue weighted by atomic mass is 9.93. The van der Waals surface area contributed by atoms with Crippen LogP contribution in [0.5, 0.6) is 0 Å². The number of carbonyl (C=O) groups excluding carboxylic acids is 2. The molecule has 1 aliphatic carbocycles. The number of hydrogen-bond donors (Lipinski definition) is 0. The normalized spacial score (nSPS) is 18.1. The highest BCUT2D eigenvalue weighted by Crippen LogP contribution is 2.36. The molecule has 4 aromatic rings. The van der Waals surface area contributed by atoms with Crippen molar-refractivity contribution in [3.05, 3.63) is 101 Å². The molecule has 2 heterocycles. The number of carbonyl (C=O) groups is 2. The average Bonchev–Trinajstić information content (AvgIpc) is 3.79. The molecule has 7 heteroatoms. The van der Waals surface area contributed by atoms with Gasteiger partial charge >= 0.3 is 6.09 Å². The summed E-state index contributed by atoms with van der Waals surface area (Å²) in [4.78, 5) is 31.5. The van der Waals surface area contributed by atoms with Gasteiger partial charge < -0.3 is 4.74 Å². The highest BCUT2D eigenvalue weighted by Gasteiger charge is 2.42. The molecule has 1 aliphatic heterocycles. The fourth-order valence-electron chi connectivity index (χ4n) is 6.86. The van der Waals surface area contributed by atoms with E-state index < -0.39 is 18.1 Å². The van der Waals surface area contributed by atoms with E-state index in [0.717, 1.165) is 66.5 Å². The highest BCUT2D eigenvalue weighted by molar-refractivity contribution is 5.98. The van der Waals surface area contributed by atoms with Crippen LogP contribution in [0.3, 0.4) is 0 Å². The van der Waals surface area contributed by atoms with Crippen LogP contribution in [-0.2, 0) is 22.5 Å². The minimum atomic E-state index is -0.570. The summed E-state index contributed by atoms with van der Waals surface area (Å²) in [7, 11) is 0. The Morgan fingerprint density at radius 1 is 1.00 bits per heavy atom. The first kappa shape index (κ1) is 29.1. The van der Waals surface area contributed by atoms with Crippen LogP contribution in [0.25, 0.3) is 10.9 Å². The number of imide groups is 1. The zero-order chi connectivity index (χ0) is 29.8. The largest absolute Gasteiger partial charge is 0.446 e. The van der Waals surface area contributed by atoms with Gasteiger partial charge in [-0.2, -0.15) is 5.10 Å². The van der Waals surface area contributed by atoms with Crippen LogP contribution < -0.4 is 0 Å². The van der Waals surface area contributed by atoms with Gasteiger partial charge in [-0.1, -0.05) is 99.5 Å². The topological polar surface area (TPSA) is 67.7 Å². The number of cyclic esters (lactones) is 1. The maximum absolute atomic E-state index is 14.6. The van der Waals surface area contributed by atoms with E-state index >= 15 is 0 Å². The Bertz CT molecular complexity index is 1550. The maximum atomic E-state index is 14.6. The second-order valence-electron chi connectivity index (χ2n) is 11.9. The first-order valence-electron chi connectivity index (χ1n) is 15.9. The van der Waals surface area contributed by atoms with Gasteiger partial charge in [-0.05, 0) is 55.0 Å². The fourth-order valence-corrected chi connectivity index (χ4v) is 6.86. The Labute approximate surface area is 254 Å². The third-order valence-electron chi connectivity index (χ3n) is 9.04. The van der Waals surface area contributed by atoms with E-state index in [9.17, 15) is 9.59 Å². The summed E-state index contributed by atoms with van der Waals surface area (Å²) in [5.74, 6) is -0.763. The first-order valence-corrected chi connectivity index (χ1v) is 15.9. The molecule has 0 N–H and O–H groups in total. The summed E-state index contributed by atoms with van der Waals surface area (Å²) in [5, 5.41) is 6.21. The van der Waals surface area contributed by atoms with Crippen molar-refractivity contribution in [1.29, 1.82) is 0 Å². The van der Waals surface area contributed by atoms with Crippen LogP contribution in [0, 0.1) is 0 Å². The molecule has 224 valence electrons. The van der Waals surface area contributed by atoms with Crippen molar-refractivity contribution in [2.75, 3.05) is 19.7 Å². The highest BCUT2D eigenvalue weighted by atomic mass is 16.6. The summed E-state index contributed by atoms with van der Waals surface area (Å²) >= 11 is 0. The summed E-state index contributed by atoms with van der Waals surface area (Å²) in [5.41, 5.74) is 5.21. The molecule has 3 aromatic carbocycles. The van der Waals surface area contributed by atoms with Crippen LogP contribution >= 0.6 is 0 Å². The number of aryl methyl sites for hydroxylation is 1. The second kappa shape index (κ2) is 13.1. The van der Waals surface area contributed by atoms with Crippen molar-refractivity contribution >= 4 is 22.9 Å². The third kappa shape index (κ3) is 6.09. The molecule has 1 saturated heterocycles. The quantitative estimate of drug-likeness (QED) is 0.185. The second-order valence-corrected chi connectivity index (χ2v) is 11.9. The van der Waals surface area contributed by atoms with Crippen molar-refractivity contribution in [3.8, 4) is 0 Å². The van der Waals surface area contributed by atoms with Crippen LogP contribution in [0.15, 0.2) is 78.9 Å². The van der Waals surface area contributed by atoms with Gasteiger partial charge in [-0.3, -0.25) is 14.4 Å². The average molecular weight is 579 g/mol. The molecule has 2 amide bonds. The number of aromatic nitrogens is 2. The molecule has 43 heavy (non-hydrogen) atoms. The minimum absolute atomic E-state index is 0.164. The molecule has 0 bridgehead atoms. The number of benzene rings is 3. The van der Waals surface area contributed by atoms with E-state index in [1.165, 1.54) is 23.3 Å². The summed E-state index contributed by atoms with van der Waals surface area (Å²) < 4.78 is 7.72. The maximum Gasteiger partial charge on any atom is 0.417 e. The van der Waals surface area contributed by atoms with Gasteiger partial charge in [0.2, 0.25) is 5.91 Å². The molecule has 2 atom stereocenters. The molecule has 2 aliphatic rings. The van der Waals surface area contributed by atoms with Gasteiger partial charge in [0.1, 0.15) is 12.6 Å². The number of nitrogens with zero attached hydrogens (tertiary/aromatic N) is 4. The lowest BCUT2D eigenvalue weighted by Crippen LogP contribution is -2.42. The summed E-state index contributed by atoms with van der Waals surface area (Å²) in [6.07, 6.45) is 5.95. The first-order chi connectivity index (χ1) is 21.1. The molecular weight excluding hydrogens is 536 g/mol. The van der Waals surface area contributed by atoms with Crippen LogP contribution in [-0.4, -0.2) is 51.3 Å². The van der Waals surface area contributed by atoms with Crippen LogP contribution in [0.4, 0.5) is 4.79 Å². The smallest absolute Gasteiger partial charge is 0.417 e. The number of hydrogen-bond acceptors (Lipinski definition) is 5. The lowest BCUT2D eigenvalue weighted by Gasteiger charge is -2.30. The zero-order valence-corrected chi connectivity index (χ0v) is 25.3. The molecule has 6 rings (SSSR count). The van der Waals surface area contributed by atoms with Gasteiger partial charge in [0.05, 0.1) is 23.2 Å². The van der Waals surface area contributed by atoms with Gasteiger partial charge in [-0.25, -0.2) is 9.69 Å². The number of rotatable bonds is 11. The lowest BCUT2D eigenvalue weighted by molar-refractivity contribution is -0.131.